The number of phenolic OH excluding ortho intramolecular Hbond substituents is 5. The summed E-state index contributed by atoms with van der Waals surface area (Å²) in [5.41, 5.74) is 0.263. The van der Waals surface area contributed by atoms with Crippen molar-refractivity contribution in [2.24, 2.45) is 0 Å². The molecular formula is C55H62O30. The Morgan fingerprint density at radius 2 is 0.918 bits per heavy atom. The van der Waals surface area contributed by atoms with Gasteiger partial charge in [0.25, 0.3) is 0 Å². The lowest BCUT2D eigenvalue weighted by Crippen LogP contribution is -2.60. The van der Waals surface area contributed by atoms with Crippen molar-refractivity contribution >= 4 is 30.2 Å². The molecule has 0 bridgehead atoms. The summed E-state index contributed by atoms with van der Waals surface area (Å²) in [5, 5.41) is 162. The second kappa shape index (κ2) is 26.9. The van der Waals surface area contributed by atoms with Crippen LogP contribution in [0.2, 0.25) is 0 Å². The third kappa shape index (κ3) is 13.7. The van der Waals surface area contributed by atoms with E-state index in [-0.39, 0.29) is 57.1 Å². The molecule has 0 amide bonds. The van der Waals surface area contributed by atoms with Gasteiger partial charge in [0.05, 0.1) is 40.6 Å². The average Bonchev–Trinajstić information content (AvgIpc) is 1.32. The van der Waals surface area contributed by atoms with Gasteiger partial charge in [-0.1, -0.05) is 0 Å². The van der Waals surface area contributed by atoms with Gasteiger partial charge in [-0.25, -0.2) is 9.59 Å². The Labute approximate surface area is 481 Å². The van der Waals surface area contributed by atoms with Crippen LogP contribution in [-0.4, -0.2) is 229 Å². The van der Waals surface area contributed by atoms with Crippen LogP contribution in [0.5, 0.6) is 69.0 Å². The number of carbonyl (C=O) groups is 2. The molecule has 4 aliphatic rings. The Balaban J connectivity index is 1.02. The van der Waals surface area contributed by atoms with E-state index in [9.17, 15) is 86.2 Å². The van der Waals surface area contributed by atoms with Gasteiger partial charge in [-0.3, -0.25) is 0 Å². The Bertz CT molecular complexity index is 3080. The number of aliphatic hydroxyl groups excluding tert-OH is 10. The number of fused-ring (bicyclic) bond motifs is 1. The summed E-state index contributed by atoms with van der Waals surface area (Å²) >= 11 is 0. The lowest BCUT2D eigenvalue weighted by Gasteiger charge is -2.41. The Morgan fingerprint density at radius 1 is 0.482 bits per heavy atom. The van der Waals surface area contributed by atoms with Crippen molar-refractivity contribution in [1.82, 2.24) is 0 Å². The van der Waals surface area contributed by atoms with E-state index in [0.29, 0.717) is 11.1 Å². The first kappa shape index (κ1) is 63.0. The third-order valence-electron chi connectivity index (χ3n) is 13.8. The van der Waals surface area contributed by atoms with Crippen LogP contribution in [-0.2, 0) is 38.0 Å². The monoisotopic (exact) mass is 1200 g/mol. The predicted molar refractivity (Wildman–Crippen MR) is 281 cm³/mol. The number of hydrogen-bond donors (Lipinski definition) is 15. The highest BCUT2D eigenvalue weighted by Crippen LogP contribution is 2.49. The Hall–Kier alpha value is -8.08. The summed E-state index contributed by atoms with van der Waals surface area (Å²) in [4.78, 5) is 25.6. The van der Waals surface area contributed by atoms with Gasteiger partial charge in [0.15, 0.2) is 40.6 Å². The molecule has 3 fully saturated rings. The van der Waals surface area contributed by atoms with E-state index < -0.39 is 159 Å². The van der Waals surface area contributed by atoms with Crippen LogP contribution >= 0.6 is 0 Å². The quantitative estimate of drug-likeness (QED) is 0.0270. The fourth-order valence-electron chi connectivity index (χ4n) is 9.12. The first-order valence-corrected chi connectivity index (χ1v) is 25.6. The maximum absolute atomic E-state index is 12.8. The molecule has 4 aliphatic heterocycles. The standard InChI is InChI=1S/C55H62O30/c1-73-29-9-21(10-30(74-2)41(29)62)5-7-38(59)77-19-36-44(65)47(68)49(70)53(84-36)79-24-15-26(57)25-17-34(82-55-50(71)46(67)43(64)35(18-56)83-55)52(80-28(25)16-24)23-13-27(58)40(61)33(14-23)81-54-51(72)48(69)45(66)37(85-54)20-78-39(60)8-6-22-11-31(75-3)42(63)32(12-22)76-4/h5-17,35-37,43-58,61-72H,18-20H2,1-4H3. The normalized spacial score (nSPS) is 29.2. The van der Waals surface area contributed by atoms with E-state index in [1.807, 2.05) is 0 Å². The average molecular weight is 1200 g/mol. The molecule has 16 atom stereocenters. The van der Waals surface area contributed by atoms with Gasteiger partial charge in [0, 0.05) is 29.8 Å². The smallest absolute Gasteiger partial charge is 0.330 e. The second-order valence-corrected chi connectivity index (χ2v) is 19.3. The lowest BCUT2D eigenvalue weighted by atomic mass is 9.98. The van der Waals surface area contributed by atoms with Gasteiger partial charge in [0.1, 0.15) is 109 Å². The van der Waals surface area contributed by atoms with Gasteiger partial charge < -0.3 is 138 Å². The van der Waals surface area contributed by atoms with E-state index in [4.69, 9.17) is 61.6 Å². The molecule has 0 saturated carbocycles. The summed E-state index contributed by atoms with van der Waals surface area (Å²) in [7, 11) is 5.21. The fourth-order valence-corrected chi connectivity index (χ4v) is 9.12. The zero-order valence-electron chi connectivity index (χ0n) is 45.2. The number of phenols is 5. The van der Waals surface area contributed by atoms with E-state index in [0.717, 1.165) is 42.5 Å². The van der Waals surface area contributed by atoms with Gasteiger partial charge in [-0.05, 0) is 65.8 Å². The van der Waals surface area contributed by atoms with Crippen molar-refractivity contribution in [2.45, 2.75) is 98.2 Å². The summed E-state index contributed by atoms with van der Waals surface area (Å²) in [6.07, 6.45) is -24.1. The summed E-state index contributed by atoms with van der Waals surface area (Å²) in [6, 6.07) is 9.62. The van der Waals surface area contributed by atoms with Crippen LogP contribution < -0.4 is 33.2 Å². The van der Waals surface area contributed by atoms with Gasteiger partial charge >= 0.3 is 11.9 Å². The first-order valence-electron chi connectivity index (χ1n) is 25.6. The molecule has 3 saturated heterocycles. The molecule has 4 aromatic rings. The molecule has 30 heteroatoms. The molecule has 0 aromatic heterocycles. The number of carbonyl (C=O) groups excluding carboxylic acids is 2. The summed E-state index contributed by atoms with van der Waals surface area (Å²) < 4.78 is 71.9. The summed E-state index contributed by atoms with van der Waals surface area (Å²) in [5.74, 6) is -6.72. The number of hydrogen-bond acceptors (Lipinski definition) is 30. The molecule has 85 heavy (non-hydrogen) atoms. The number of esters is 2. The molecule has 0 radical (unpaired) electrons. The van der Waals surface area contributed by atoms with Crippen molar-refractivity contribution in [1.29, 1.82) is 0 Å². The van der Waals surface area contributed by atoms with E-state index in [1.165, 1.54) is 64.9 Å². The SMILES string of the molecule is COc1cc(C=CC(=O)OCC2OC(Oc3cc(O)c4c(c3)OC(c3cc(O)c(O)c(OC5OC(COC(=O)C=Cc6cc(OC)c(O)c(OC)c6)C(O)C(O)C5O)c3)C(OC3OC(CO)C(O)C(O)C3O)=C4)C(O)C(O)C2O)cc(OC)c1O. The van der Waals surface area contributed by atoms with Crippen molar-refractivity contribution in [3.8, 4) is 69.0 Å². The maximum Gasteiger partial charge on any atom is 0.330 e. The van der Waals surface area contributed by atoms with E-state index in [1.54, 1.807) is 0 Å². The van der Waals surface area contributed by atoms with Crippen molar-refractivity contribution < 1.29 is 148 Å². The van der Waals surface area contributed by atoms with Crippen LogP contribution in [0.15, 0.2) is 66.4 Å². The Kier molecular flexibility index (Phi) is 19.9. The van der Waals surface area contributed by atoms with Crippen molar-refractivity contribution in [2.75, 3.05) is 48.3 Å². The minimum atomic E-state index is -2.09. The number of ether oxygens (including phenoxy) is 13. The molecule has 15 N–H and O–H groups in total. The highest BCUT2D eigenvalue weighted by Gasteiger charge is 2.49. The largest absolute Gasteiger partial charge is 0.507 e. The number of aliphatic hydroxyl groups is 10. The fraction of sp³-hybridized carbons (Fsp3) is 0.418. The molecule has 0 spiro atoms. The maximum atomic E-state index is 12.8. The molecule has 16 unspecified atom stereocenters. The minimum Gasteiger partial charge on any atom is -0.507 e. The zero-order valence-corrected chi connectivity index (χ0v) is 45.2. The zero-order chi connectivity index (χ0) is 61.7. The van der Waals surface area contributed by atoms with Crippen LogP contribution in [0.3, 0.4) is 0 Å². The minimum absolute atomic E-state index is 0.0308. The molecule has 30 nitrogen and oxygen atoms in total. The molecule has 0 aliphatic carbocycles. The van der Waals surface area contributed by atoms with Gasteiger partial charge in [-0.2, -0.15) is 0 Å². The topological polar surface area (TPSA) is 458 Å². The third-order valence-corrected chi connectivity index (χ3v) is 13.8. The van der Waals surface area contributed by atoms with E-state index in [2.05, 4.69) is 0 Å². The molecule has 4 aromatic carbocycles. The second-order valence-electron chi connectivity index (χ2n) is 19.3. The van der Waals surface area contributed by atoms with E-state index >= 15 is 0 Å². The number of methoxy groups -OCH3 is 4. The number of benzene rings is 4. The molecule has 8 rings (SSSR count). The Morgan fingerprint density at radius 3 is 1.38 bits per heavy atom. The first-order chi connectivity index (χ1) is 40.5. The van der Waals surface area contributed by atoms with Crippen LogP contribution in [0.25, 0.3) is 18.2 Å². The number of rotatable bonds is 20. The highest BCUT2D eigenvalue weighted by atomic mass is 16.7. The van der Waals surface area contributed by atoms with Crippen molar-refractivity contribution in [3.63, 3.8) is 0 Å². The van der Waals surface area contributed by atoms with Crippen LogP contribution in [0, 0.1) is 0 Å². The lowest BCUT2D eigenvalue weighted by molar-refractivity contribution is -0.293. The summed E-state index contributed by atoms with van der Waals surface area (Å²) in [6.45, 7) is -2.34. The van der Waals surface area contributed by atoms with Crippen LogP contribution in [0.4, 0.5) is 0 Å². The highest BCUT2D eigenvalue weighted by molar-refractivity contribution is 5.88. The molecule has 4 heterocycles. The van der Waals surface area contributed by atoms with Gasteiger partial charge in [-0.15, -0.1) is 0 Å². The predicted octanol–water partition coefficient (Wildman–Crippen LogP) is -1.57. The van der Waals surface area contributed by atoms with Crippen molar-refractivity contribution in [3.05, 3.63) is 88.7 Å². The molecule has 462 valence electrons. The molecular weight excluding hydrogens is 1140 g/mol. The van der Waals surface area contributed by atoms with Crippen LogP contribution in [0.1, 0.15) is 28.4 Å². The van der Waals surface area contributed by atoms with Gasteiger partial charge in [0.2, 0.25) is 36.1 Å². The number of aromatic hydroxyl groups is 5.